The first-order chi connectivity index (χ1) is 15.3. The minimum atomic E-state index is 0.369. The second-order valence-electron chi connectivity index (χ2n) is 7.44. The molecular formula is C24H28N6O. The Morgan fingerprint density at radius 2 is 1.81 bits per heavy atom. The summed E-state index contributed by atoms with van der Waals surface area (Å²) >= 11 is 0. The predicted octanol–water partition coefficient (Wildman–Crippen LogP) is 5.40. The van der Waals surface area contributed by atoms with E-state index in [0.29, 0.717) is 12.6 Å². The maximum atomic E-state index is 5.86. The molecule has 2 heterocycles. The van der Waals surface area contributed by atoms with Crippen molar-refractivity contribution in [2.75, 3.05) is 12.0 Å². The minimum absolute atomic E-state index is 0.369. The summed E-state index contributed by atoms with van der Waals surface area (Å²) in [4.78, 5) is 4.71. The predicted molar refractivity (Wildman–Crippen MR) is 126 cm³/mol. The highest BCUT2D eigenvalue weighted by Crippen LogP contribution is 2.26. The first-order valence-corrected chi connectivity index (χ1v) is 10.9. The van der Waals surface area contributed by atoms with Crippen LogP contribution in [-0.4, -0.2) is 32.6 Å². The monoisotopic (exact) mass is 416 g/mol. The molecule has 0 spiro atoms. The van der Waals surface area contributed by atoms with Crippen LogP contribution in [0.3, 0.4) is 0 Å². The molecular weight excluding hydrogens is 388 g/mol. The standard InChI is InChI=1S/C24H28N6O/c1-3-5-15-30-20-13-9-8-12-19(20)22-23(30)26-24(29-27-22)28-25-17-18-11-7-10-14-21(18)31-16-6-4-2/h7-14,17H,3-6,15-16H2,1-2H3,(H,26,28,29)/b25-17+. The van der Waals surface area contributed by atoms with Gasteiger partial charge in [0.15, 0.2) is 5.65 Å². The summed E-state index contributed by atoms with van der Waals surface area (Å²) in [5, 5.41) is 14.1. The Kier molecular flexibility index (Phi) is 6.72. The average Bonchev–Trinajstić information content (AvgIpc) is 3.12. The number of ether oxygens (including phenoxy) is 1. The number of hydrogen-bond donors (Lipinski definition) is 1. The molecule has 0 bridgehead atoms. The van der Waals surface area contributed by atoms with Crippen LogP contribution in [0.1, 0.15) is 45.1 Å². The maximum absolute atomic E-state index is 5.86. The Balaban J connectivity index is 1.58. The molecule has 7 nitrogen and oxygen atoms in total. The molecule has 0 atom stereocenters. The second-order valence-corrected chi connectivity index (χ2v) is 7.44. The fourth-order valence-electron chi connectivity index (χ4n) is 3.50. The average molecular weight is 417 g/mol. The van der Waals surface area contributed by atoms with E-state index in [1.54, 1.807) is 6.21 Å². The summed E-state index contributed by atoms with van der Waals surface area (Å²) in [5.41, 5.74) is 6.59. The number of benzene rings is 2. The van der Waals surface area contributed by atoms with Crippen LogP contribution in [-0.2, 0) is 6.54 Å². The van der Waals surface area contributed by atoms with Gasteiger partial charge in [-0.05, 0) is 31.0 Å². The molecule has 0 saturated carbocycles. The van der Waals surface area contributed by atoms with Crippen molar-refractivity contribution in [3.05, 3.63) is 54.1 Å². The van der Waals surface area contributed by atoms with Crippen LogP contribution < -0.4 is 10.2 Å². The molecule has 160 valence electrons. The fraction of sp³-hybridized carbons (Fsp3) is 0.333. The van der Waals surface area contributed by atoms with Crippen molar-refractivity contribution in [2.45, 2.75) is 46.1 Å². The highest BCUT2D eigenvalue weighted by Gasteiger charge is 2.14. The molecule has 1 N–H and O–H groups in total. The molecule has 31 heavy (non-hydrogen) atoms. The normalized spacial score (nSPS) is 11.5. The van der Waals surface area contributed by atoms with Gasteiger partial charge in [-0.15, -0.1) is 10.2 Å². The fourth-order valence-corrected chi connectivity index (χ4v) is 3.50. The van der Waals surface area contributed by atoms with Crippen LogP contribution >= 0.6 is 0 Å². The number of fused-ring (bicyclic) bond motifs is 3. The van der Waals surface area contributed by atoms with Crippen LogP contribution in [0.25, 0.3) is 22.1 Å². The number of aryl methyl sites for hydroxylation is 1. The Morgan fingerprint density at radius 1 is 1.00 bits per heavy atom. The van der Waals surface area contributed by atoms with Crippen molar-refractivity contribution in [3.8, 4) is 5.75 Å². The summed E-state index contributed by atoms with van der Waals surface area (Å²) in [5.74, 6) is 1.18. The molecule has 4 aromatic rings. The van der Waals surface area contributed by atoms with Gasteiger partial charge in [-0.25, -0.2) is 5.43 Å². The molecule has 0 fully saturated rings. The number of nitrogens with one attached hydrogen (secondary N) is 1. The van der Waals surface area contributed by atoms with E-state index >= 15 is 0 Å². The molecule has 0 saturated heterocycles. The first kappa shape index (κ1) is 20.8. The van der Waals surface area contributed by atoms with Crippen molar-refractivity contribution in [3.63, 3.8) is 0 Å². The first-order valence-electron chi connectivity index (χ1n) is 10.9. The van der Waals surface area contributed by atoms with Gasteiger partial charge in [0.25, 0.3) is 5.95 Å². The molecule has 0 amide bonds. The molecule has 2 aromatic heterocycles. The van der Waals surface area contributed by atoms with E-state index in [4.69, 9.17) is 9.72 Å². The minimum Gasteiger partial charge on any atom is -0.493 e. The van der Waals surface area contributed by atoms with Crippen molar-refractivity contribution in [2.24, 2.45) is 5.10 Å². The number of rotatable bonds is 10. The summed E-state index contributed by atoms with van der Waals surface area (Å²) in [6.45, 7) is 5.92. The molecule has 4 rings (SSSR count). The third kappa shape index (κ3) is 4.66. The number of aromatic nitrogens is 4. The molecule has 7 heteroatoms. The number of unbranched alkanes of at least 4 members (excludes halogenated alkanes) is 2. The van der Waals surface area contributed by atoms with Gasteiger partial charge in [-0.1, -0.05) is 57.0 Å². The third-order valence-corrected chi connectivity index (χ3v) is 5.15. The molecule has 0 aliphatic rings. The lowest BCUT2D eigenvalue weighted by molar-refractivity contribution is 0.309. The van der Waals surface area contributed by atoms with E-state index in [2.05, 4.69) is 51.3 Å². The summed E-state index contributed by atoms with van der Waals surface area (Å²) in [6, 6.07) is 16.1. The summed E-state index contributed by atoms with van der Waals surface area (Å²) in [7, 11) is 0. The Labute approximate surface area is 182 Å². The lowest BCUT2D eigenvalue weighted by Crippen LogP contribution is -2.04. The van der Waals surface area contributed by atoms with E-state index in [1.807, 2.05) is 36.4 Å². The van der Waals surface area contributed by atoms with E-state index in [0.717, 1.165) is 65.6 Å². The molecule has 0 aliphatic heterocycles. The SMILES string of the molecule is CCCCOc1ccccc1/C=N/Nc1nnc2c3ccccc3n(CCCC)c2n1. The van der Waals surface area contributed by atoms with Gasteiger partial charge < -0.3 is 9.30 Å². The lowest BCUT2D eigenvalue weighted by Gasteiger charge is -2.08. The van der Waals surface area contributed by atoms with E-state index in [1.165, 1.54) is 0 Å². The largest absolute Gasteiger partial charge is 0.493 e. The van der Waals surface area contributed by atoms with Crippen LogP contribution in [0.15, 0.2) is 53.6 Å². The highest BCUT2D eigenvalue weighted by molar-refractivity contribution is 6.04. The van der Waals surface area contributed by atoms with Gasteiger partial charge in [0.05, 0.1) is 18.3 Å². The Bertz CT molecular complexity index is 1180. The molecule has 0 aliphatic carbocycles. The van der Waals surface area contributed by atoms with Gasteiger partial charge in [0.2, 0.25) is 0 Å². The topological polar surface area (TPSA) is 77.2 Å². The highest BCUT2D eigenvalue weighted by atomic mass is 16.5. The van der Waals surface area contributed by atoms with Gasteiger partial charge in [0, 0.05) is 17.5 Å². The van der Waals surface area contributed by atoms with Crippen LogP contribution in [0.5, 0.6) is 5.75 Å². The van der Waals surface area contributed by atoms with E-state index < -0.39 is 0 Å². The number of para-hydroxylation sites is 2. The third-order valence-electron chi connectivity index (χ3n) is 5.15. The van der Waals surface area contributed by atoms with Crippen molar-refractivity contribution >= 4 is 34.2 Å². The van der Waals surface area contributed by atoms with Crippen molar-refractivity contribution in [1.82, 2.24) is 19.7 Å². The summed E-state index contributed by atoms with van der Waals surface area (Å²) < 4.78 is 8.08. The van der Waals surface area contributed by atoms with Crippen molar-refractivity contribution in [1.29, 1.82) is 0 Å². The Hall–Kier alpha value is -3.48. The van der Waals surface area contributed by atoms with Gasteiger partial charge >= 0.3 is 0 Å². The smallest absolute Gasteiger partial charge is 0.265 e. The van der Waals surface area contributed by atoms with Gasteiger partial charge in [-0.3, -0.25) is 0 Å². The zero-order valence-corrected chi connectivity index (χ0v) is 18.1. The summed E-state index contributed by atoms with van der Waals surface area (Å²) in [6.07, 6.45) is 6.03. The molecule has 2 aromatic carbocycles. The number of hydrogen-bond acceptors (Lipinski definition) is 6. The van der Waals surface area contributed by atoms with E-state index in [9.17, 15) is 0 Å². The van der Waals surface area contributed by atoms with Crippen molar-refractivity contribution < 1.29 is 4.74 Å². The quantitative estimate of drug-likeness (QED) is 0.213. The van der Waals surface area contributed by atoms with Gasteiger partial charge in [-0.2, -0.15) is 10.1 Å². The zero-order valence-electron chi connectivity index (χ0n) is 18.1. The zero-order chi connectivity index (χ0) is 21.5. The van der Waals surface area contributed by atoms with Crippen LogP contribution in [0.4, 0.5) is 5.95 Å². The Morgan fingerprint density at radius 3 is 2.68 bits per heavy atom. The van der Waals surface area contributed by atoms with E-state index in [-0.39, 0.29) is 0 Å². The van der Waals surface area contributed by atoms with Crippen LogP contribution in [0.2, 0.25) is 0 Å². The number of hydrazone groups is 1. The van der Waals surface area contributed by atoms with Crippen LogP contribution in [0, 0.1) is 0 Å². The van der Waals surface area contributed by atoms with Gasteiger partial charge in [0.1, 0.15) is 11.3 Å². The molecule has 0 radical (unpaired) electrons. The lowest BCUT2D eigenvalue weighted by atomic mass is 10.2. The number of anilines is 1. The second kappa shape index (κ2) is 10.0. The number of nitrogens with zero attached hydrogens (tertiary/aromatic N) is 5. The molecule has 0 unspecified atom stereocenters. The maximum Gasteiger partial charge on any atom is 0.265 e.